The minimum Gasteiger partial charge on any atom is -0.494 e. The highest BCUT2D eigenvalue weighted by atomic mass is 79.9. The van der Waals surface area contributed by atoms with Crippen molar-refractivity contribution < 1.29 is 28.2 Å². The number of rotatable bonds is 13. The van der Waals surface area contributed by atoms with E-state index in [0.717, 1.165) is 16.6 Å². The molecule has 1 aliphatic heterocycles. The van der Waals surface area contributed by atoms with E-state index in [1.807, 2.05) is 24.3 Å². The van der Waals surface area contributed by atoms with E-state index >= 15 is 0 Å². The molecule has 4 aromatic carbocycles. The number of nitrogens with zero attached hydrogens (tertiary/aromatic N) is 4. The van der Waals surface area contributed by atoms with Crippen LogP contribution in [0.5, 0.6) is 5.75 Å². The van der Waals surface area contributed by atoms with Gasteiger partial charge < -0.3 is 14.6 Å². The minimum absolute atomic E-state index is 0.00749. The fourth-order valence-electron chi connectivity index (χ4n) is 5.00. The van der Waals surface area contributed by atoms with Crippen LogP contribution in [0.2, 0.25) is 0 Å². The number of aliphatic hydroxyl groups is 1. The van der Waals surface area contributed by atoms with Crippen molar-refractivity contribution in [3.8, 4) is 5.75 Å². The lowest BCUT2D eigenvalue weighted by atomic mass is 9.81. The molecule has 0 aromatic heterocycles. The van der Waals surface area contributed by atoms with E-state index in [-0.39, 0.29) is 25.5 Å². The fraction of sp³-hybridized carbons (Fsp3) is 0.212. The maximum atomic E-state index is 14.3. The normalized spacial score (nSPS) is 17.0. The number of carbonyl (C=O) groups excluding carboxylic acids is 1. The van der Waals surface area contributed by atoms with Crippen LogP contribution in [0.1, 0.15) is 34.8 Å². The number of carbonyl (C=O) groups is 1. The lowest BCUT2D eigenvalue weighted by Crippen LogP contribution is -2.53. The molecule has 0 saturated carbocycles. The van der Waals surface area contributed by atoms with Crippen molar-refractivity contribution in [1.82, 2.24) is 10.9 Å². The number of aliphatic hydroxyl groups excluding tert-OH is 1. The van der Waals surface area contributed by atoms with E-state index in [2.05, 4.69) is 36.8 Å². The molecule has 0 unspecified atom stereocenters. The molecule has 4 aromatic rings. The maximum Gasteiger partial charge on any atom is 0.266 e. The van der Waals surface area contributed by atoms with E-state index < -0.39 is 29.2 Å². The second-order valence-electron chi connectivity index (χ2n) is 10.4. The number of hydrazine groups is 1. The van der Waals surface area contributed by atoms with E-state index in [0.29, 0.717) is 46.7 Å². The second kappa shape index (κ2) is 15.0. The Kier molecular flexibility index (Phi) is 10.6. The third-order valence-electron chi connectivity index (χ3n) is 7.29. The first-order chi connectivity index (χ1) is 22.3. The van der Waals surface area contributed by atoms with Crippen LogP contribution in [0, 0.1) is 11.6 Å². The molecule has 236 valence electrons. The quantitative estimate of drug-likeness (QED) is 0.0468. The summed E-state index contributed by atoms with van der Waals surface area (Å²) in [6, 6.07) is 24.6. The largest absolute Gasteiger partial charge is 0.494 e. The van der Waals surface area contributed by atoms with Crippen LogP contribution in [0.15, 0.2) is 106 Å². The molecule has 1 amide bonds. The third kappa shape index (κ3) is 7.52. The summed E-state index contributed by atoms with van der Waals surface area (Å²) in [5.74, 6) is -1.76. The van der Waals surface area contributed by atoms with Crippen LogP contribution in [-0.4, -0.2) is 35.7 Å². The number of hydrogen-bond acceptors (Lipinski definition) is 7. The summed E-state index contributed by atoms with van der Waals surface area (Å²) >= 11 is 3.45. The van der Waals surface area contributed by atoms with Gasteiger partial charge in [-0.3, -0.25) is 10.2 Å². The molecule has 0 radical (unpaired) electrons. The van der Waals surface area contributed by atoms with Crippen LogP contribution in [-0.2, 0) is 22.5 Å². The van der Waals surface area contributed by atoms with E-state index in [1.165, 1.54) is 6.07 Å². The molecule has 1 aliphatic rings. The van der Waals surface area contributed by atoms with Gasteiger partial charge in [-0.15, -0.1) is 0 Å². The number of benzene rings is 4. The van der Waals surface area contributed by atoms with Crippen molar-refractivity contribution in [3.05, 3.63) is 140 Å². The van der Waals surface area contributed by atoms with Crippen molar-refractivity contribution in [2.24, 2.45) is 10.1 Å². The Morgan fingerprint density at radius 1 is 1.07 bits per heavy atom. The van der Waals surface area contributed by atoms with Gasteiger partial charge in [0.1, 0.15) is 5.75 Å². The van der Waals surface area contributed by atoms with Crippen LogP contribution in [0.3, 0.4) is 0 Å². The van der Waals surface area contributed by atoms with Gasteiger partial charge in [0, 0.05) is 46.6 Å². The first-order valence-electron chi connectivity index (χ1n) is 14.3. The topological polar surface area (TPSA) is 141 Å². The Bertz CT molecular complexity index is 1770. The van der Waals surface area contributed by atoms with Crippen LogP contribution in [0.4, 0.5) is 14.5 Å². The number of nitrogens with one attached hydrogen (secondary N) is 2. The fourth-order valence-corrected chi connectivity index (χ4v) is 5.26. The van der Waals surface area contributed by atoms with Gasteiger partial charge in [-0.2, -0.15) is 0 Å². The lowest BCUT2D eigenvalue weighted by Gasteiger charge is -2.31. The van der Waals surface area contributed by atoms with Gasteiger partial charge >= 0.3 is 0 Å². The Morgan fingerprint density at radius 3 is 2.54 bits per heavy atom. The third-order valence-corrected chi connectivity index (χ3v) is 7.81. The summed E-state index contributed by atoms with van der Waals surface area (Å²) in [5.41, 5.74) is 15.6. The van der Waals surface area contributed by atoms with E-state index in [9.17, 15) is 19.1 Å². The Hall–Kier alpha value is -4.81. The Labute approximate surface area is 271 Å². The number of amides is 1. The zero-order valence-corrected chi connectivity index (χ0v) is 26.0. The smallest absolute Gasteiger partial charge is 0.266 e. The summed E-state index contributed by atoms with van der Waals surface area (Å²) in [6.07, 6.45) is -0.459. The standard InChI is InChI=1S/C33H29BrF2N6O4/c34-25-11-7-22(8-12-25)30-33(19-24-4-1-2-5-29(24)40-42-37,32(44)41-38-20-21-6-15-27(35)28(36)18-21)39-31(46-30)23-9-13-26(14-10-23)45-17-3-16-43/h1-2,4-15,18,30,38,43H,3,16-17,19-20H2,(H,41,44)/t30-,33-/m0/s1. The molecule has 0 bridgehead atoms. The zero-order valence-electron chi connectivity index (χ0n) is 24.4. The van der Waals surface area contributed by atoms with Gasteiger partial charge in [-0.1, -0.05) is 63.5 Å². The van der Waals surface area contributed by atoms with Crippen LogP contribution in [0.25, 0.3) is 10.4 Å². The number of aliphatic imine (C=N–C) groups is 1. The molecular weight excluding hydrogens is 662 g/mol. The summed E-state index contributed by atoms with van der Waals surface area (Å²) in [6.45, 7) is 0.361. The average molecular weight is 692 g/mol. The summed E-state index contributed by atoms with van der Waals surface area (Å²) < 4.78 is 40.2. The van der Waals surface area contributed by atoms with Crippen molar-refractivity contribution >= 4 is 33.4 Å². The van der Waals surface area contributed by atoms with Crippen molar-refractivity contribution in [3.63, 3.8) is 0 Å². The summed E-state index contributed by atoms with van der Waals surface area (Å²) in [5, 5.41) is 12.9. The number of hydrogen-bond donors (Lipinski definition) is 3. The molecule has 10 nitrogen and oxygen atoms in total. The van der Waals surface area contributed by atoms with Crippen molar-refractivity contribution in [2.45, 2.75) is 31.0 Å². The van der Waals surface area contributed by atoms with Crippen molar-refractivity contribution in [1.29, 1.82) is 0 Å². The van der Waals surface area contributed by atoms with Gasteiger partial charge in [-0.05, 0) is 70.8 Å². The predicted octanol–water partition coefficient (Wildman–Crippen LogP) is 6.75. The molecule has 1 heterocycles. The lowest BCUT2D eigenvalue weighted by molar-refractivity contribution is -0.130. The number of azide groups is 1. The van der Waals surface area contributed by atoms with Gasteiger partial charge in [-0.25, -0.2) is 19.2 Å². The molecule has 3 N–H and O–H groups in total. The Morgan fingerprint density at radius 2 is 1.83 bits per heavy atom. The molecule has 0 aliphatic carbocycles. The first kappa shape index (κ1) is 32.6. The molecule has 0 fully saturated rings. The first-order valence-corrected chi connectivity index (χ1v) is 15.1. The zero-order chi connectivity index (χ0) is 32.5. The van der Waals surface area contributed by atoms with Crippen LogP contribution >= 0.6 is 15.9 Å². The van der Waals surface area contributed by atoms with Gasteiger partial charge in [0.25, 0.3) is 5.91 Å². The molecule has 0 saturated heterocycles. The highest BCUT2D eigenvalue weighted by Crippen LogP contribution is 2.44. The second-order valence-corrected chi connectivity index (χ2v) is 11.3. The van der Waals surface area contributed by atoms with Crippen molar-refractivity contribution in [2.75, 3.05) is 13.2 Å². The SMILES string of the molecule is [N-]=[N+]=Nc1ccccc1C[C@]1(C(=O)NNCc2ccc(F)c(F)c2)N=C(c2ccc(OCCCO)cc2)O[C@H]1c1ccc(Br)cc1. The summed E-state index contributed by atoms with van der Waals surface area (Å²) in [4.78, 5) is 22.2. The van der Waals surface area contributed by atoms with Gasteiger partial charge in [0.05, 0.1) is 6.61 Å². The van der Waals surface area contributed by atoms with E-state index in [1.54, 1.807) is 48.5 Å². The maximum absolute atomic E-state index is 14.3. The molecule has 46 heavy (non-hydrogen) atoms. The molecule has 0 spiro atoms. The van der Waals surface area contributed by atoms with Crippen LogP contribution < -0.4 is 15.6 Å². The molecule has 5 rings (SSSR count). The number of halogens is 3. The monoisotopic (exact) mass is 690 g/mol. The van der Waals surface area contributed by atoms with E-state index in [4.69, 9.17) is 19.6 Å². The molecule has 2 atom stereocenters. The van der Waals surface area contributed by atoms with Gasteiger partial charge in [0.15, 0.2) is 23.3 Å². The minimum atomic E-state index is -1.62. The molecular formula is C33H29BrF2N6O4. The Balaban J connectivity index is 1.55. The highest BCUT2D eigenvalue weighted by molar-refractivity contribution is 9.10. The molecule has 13 heteroatoms. The number of ether oxygens (including phenoxy) is 2. The summed E-state index contributed by atoms with van der Waals surface area (Å²) in [7, 11) is 0. The van der Waals surface area contributed by atoms with Gasteiger partial charge in [0.2, 0.25) is 5.90 Å². The highest BCUT2D eigenvalue weighted by Gasteiger charge is 2.53. The average Bonchev–Trinajstić information content (AvgIpc) is 3.45. The predicted molar refractivity (Wildman–Crippen MR) is 171 cm³/mol.